The fraction of sp³-hybridized carbons (Fsp3) is 0.316. The Kier molecular flexibility index (Phi) is 5.34. The third-order valence-corrected chi connectivity index (χ3v) is 5.31. The van der Waals surface area contributed by atoms with Crippen molar-refractivity contribution in [1.82, 2.24) is 24.4 Å². The summed E-state index contributed by atoms with van der Waals surface area (Å²) in [6.07, 6.45) is 5.21. The number of fused-ring (bicyclic) bond motifs is 1. The summed E-state index contributed by atoms with van der Waals surface area (Å²) in [6, 6.07) is 7.19. The van der Waals surface area contributed by atoms with E-state index in [0.29, 0.717) is 49.6 Å². The van der Waals surface area contributed by atoms with Crippen molar-refractivity contribution < 1.29 is 4.79 Å². The molecule has 0 saturated carbocycles. The van der Waals surface area contributed by atoms with Crippen molar-refractivity contribution in [3.8, 4) is 0 Å². The average Bonchev–Trinajstić information content (AvgIpc) is 2.74. The van der Waals surface area contributed by atoms with Crippen LogP contribution in [0.1, 0.15) is 6.42 Å². The van der Waals surface area contributed by atoms with E-state index in [1.165, 1.54) is 10.9 Å². The zero-order chi connectivity index (χ0) is 19.5. The summed E-state index contributed by atoms with van der Waals surface area (Å²) in [6.45, 7) is 2.95. The molecule has 1 saturated heterocycles. The highest BCUT2D eigenvalue weighted by Gasteiger charge is 2.22. The van der Waals surface area contributed by atoms with E-state index in [-0.39, 0.29) is 17.9 Å². The van der Waals surface area contributed by atoms with Gasteiger partial charge in [0, 0.05) is 56.0 Å². The van der Waals surface area contributed by atoms with Crippen LogP contribution in [0.15, 0.2) is 52.3 Å². The van der Waals surface area contributed by atoms with E-state index in [9.17, 15) is 9.59 Å². The van der Waals surface area contributed by atoms with Crippen molar-refractivity contribution in [2.45, 2.75) is 13.0 Å². The first-order valence-electron chi connectivity index (χ1n) is 9.06. The summed E-state index contributed by atoms with van der Waals surface area (Å²) in [4.78, 5) is 41.9. The minimum atomic E-state index is -0.134. The van der Waals surface area contributed by atoms with Crippen LogP contribution in [0, 0.1) is 0 Å². The van der Waals surface area contributed by atoms with Gasteiger partial charge in [0.15, 0.2) is 0 Å². The third-order valence-electron chi connectivity index (χ3n) is 4.82. The van der Waals surface area contributed by atoms with Gasteiger partial charge in [-0.05, 0) is 24.3 Å². The predicted octanol–water partition coefficient (Wildman–Crippen LogP) is 1.69. The Morgan fingerprint density at radius 1 is 1.07 bits per heavy atom. The summed E-state index contributed by atoms with van der Waals surface area (Å²) in [5, 5.41) is 0.542. The maximum absolute atomic E-state index is 12.6. The Morgan fingerprint density at radius 2 is 1.82 bits per heavy atom. The first-order valence-corrected chi connectivity index (χ1v) is 9.85. The lowest BCUT2D eigenvalue weighted by Crippen LogP contribution is -2.49. The van der Waals surface area contributed by atoms with Crippen LogP contribution < -0.4 is 10.5 Å². The second kappa shape index (κ2) is 8.05. The number of amides is 1. The largest absolute Gasteiger partial charge is 0.339 e. The van der Waals surface area contributed by atoms with Crippen LogP contribution in [-0.2, 0) is 11.3 Å². The molecule has 1 aliphatic heterocycles. The third kappa shape index (κ3) is 3.89. The molecule has 1 amide bonds. The number of rotatable bonds is 4. The number of anilines is 1. The Bertz CT molecular complexity index is 1050. The Hall–Kier alpha value is -2.81. The van der Waals surface area contributed by atoms with Gasteiger partial charge in [0.2, 0.25) is 11.9 Å². The predicted molar refractivity (Wildman–Crippen MR) is 109 cm³/mol. The summed E-state index contributed by atoms with van der Waals surface area (Å²) < 4.78 is 2.33. The van der Waals surface area contributed by atoms with Crippen LogP contribution in [0.5, 0.6) is 0 Å². The lowest BCUT2D eigenvalue weighted by Gasteiger charge is -2.34. The van der Waals surface area contributed by atoms with Crippen LogP contribution in [0.2, 0.25) is 0 Å². The number of nitrogens with zero attached hydrogens (tertiary/aromatic N) is 6. The number of aromatic nitrogens is 4. The SMILES string of the molecule is O=C(CCn1cnc2ccc(Br)cc2c1=O)N1CCN(c2ncccn2)CC1. The van der Waals surface area contributed by atoms with Crippen LogP contribution in [0.3, 0.4) is 0 Å². The van der Waals surface area contributed by atoms with Gasteiger partial charge in [-0.25, -0.2) is 15.0 Å². The fourth-order valence-corrected chi connectivity index (χ4v) is 3.64. The van der Waals surface area contributed by atoms with Crippen molar-refractivity contribution in [3.63, 3.8) is 0 Å². The van der Waals surface area contributed by atoms with Gasteiger partial charge >= 0.3 is 0 Å². The molecule has 2 aromatic heterocycles. The van der Waals surface area contributed by atoms with Crippen molar-refractivity contribution in [1.29, 1.82) is 0 Å². The Morgan fingerprint density at radius 3 is 2.57 bits per heavy atom. The molecule has 3 heterocycles. The molecule has 1 aliphatic rings. The molecule has 1 aromatic carbocycles. The number of carbonyl (C=O) groups excluding carboxylic acids is 1. The smallest absolute Gasteiger partial charge is 0.261 e. The monoisotopic (exact) mass is 442 g/mol. The van der Waals surface area contributed by atoms with E-state index in [4.69, 9.17) is 0 Å². The van der Waals surface area contributed by atoms with Gasteiger partial charge in [-0.1, -0.05) is 15.9 Å². The maximum Gasteiger partial charge on any atom is 0.261 e. The number of piperazine rings is 1. The average molecular weight is 443 g/mol. The molecule has 8 nitrogen and oxygen atoms in total. The summed E-state index contributed by atoms with van der Waals surface area (Å²) >= 11 is 3.38. The van der Waals surface area contributed by atoms with Gasteiger partial charge < -0.3 is 9.80 Å². The number of hydrogen-bond acceptors (Lipinski definition) is 6. The summed E-state index contributed by atoms with van der Waals surface area (Å²) in [5.74, 6) is 0.726. The highest BCUT2D eigenvalue weighted by molar-refractivity contribution is 9.10. The molecule has 0 radical (unpaired) electrons. The lowest BCUT2D eigenvalue weighted by molar-refractivity contribution is -0.131. The first kappa shape index (κ1) is 18.5. The maximum atomic E-state index is 12.6. The van der Waals surface area contributed by atoms with E-state index < -0.39 is 0 Å². The van der Waals surface area contributed by atoms with Gasteiger partial charge in [0.25, 0.3) is 5.56 Å². The fourth-order valence-electron chi connectivity index (χ4n) is 3.28. The summed E-state index contributed by atoms with van der Waals surface area (Å²) in [5.41, 5.74) is 0.514. The van der Waals surface area contributed by atoms with Gasteiger partial charge in [-0.15, -0.1) is 0 Å². The molecule has 0 atom stereocenters. The molecule has 0 bridgehead atoms. The van der Waals surface area contributed by atoms with Gasteiger partial charge in [0.05, 0.1) is 17.2 Å². The standard InChI is InChI=1S/C19H19BrN6O2/c20-14-2-3-16-15(12-14)18(28)26(13-23-16)7-4-17(27)24-8-10-25(11-9-24)19-21-5-1-6-22-19/h1-3,5-6,12-13H,4,7-11H2. The molecule has 0 spiro atoms. The Balaban J connectivity index is 1.37. The molecular formula is C19H19BrN6O2. The molecule has 0 unspecified atom stereocenters. The normalized spacial score (nSPS) is 14.5. The van der Waals surface area contributed by atoms with Crippen LogP contribution in [0.4, 0.5) is 5.95 Å². The molecule has 3 aromatic rings. The summed E-state index contributed by atoms with van der Waals surface area (Å²) in [7, 11) is 0. The number of benzene rings is 1. The molecule has 4 rings (SSSR count). The highest BCUT2D eigenvalue weighted by atomic mass is 79.9. The van der Waals surface area contributed by atoms with Crippen molar-refractivity contribution in [2.24, 2.45) is 0 Å². The molecule has 1 fully saturated rings. The van der Waals surface area contributed by atoms with Gasteiger partial charge in [-0.2, -0.15) is 0 Å². The lowest BCUT2D eigenvalue weighted by atomic mass is 10.2. The van der Waals surface area contributed by atoms with E-state index in [2.05, 4.69) is 35.8 Å². The van der Waals surface area contributed by atoms with E-state index >= 15 is 0 Å². The number of aryl methyl sites for hydroxylation is 1. The quantitative estimate of drug-likeness (QED) is 0.611. The van der Waals surface area contributed by atoms with E-state index in [0.717, 1.165) is 4.47 Å². The molecule has 0 aliphatic carbocycles. The topological polar surface area (TPSA) is 84.2 Å². The van der Waals surface area contributed by atoms with E-state index in [1.54, 1.807) is 30.6 Å². The second-order valence-electron chi connectivity index (χ2n) is 6.57. The molecule has 0 N–H and O–H groups in total. The van der Waals surface area contributed by atoms with Crippen LogP contribution in [-0.4, -0.2) is 56.5 Å². The molecule has 144 valence electrons. The van der Waals surface area contributed by atoms with Crippen molar-refractivity contribution in [2.75, 3.05) is 31.1 Å². The number of halogens is 1. The van der Waals surface area contributed by atoms with Crippen LogP contribution in [0.25, 0.3) is 10.9 Å². The van der Waals surface area contributed by atoms with E-state index in [1.807, 2.05) is 11.0 Å². The van der Waals surface area contributed by atoms with Gasteiger partial charge in [-0.3, -0.25) is 14.2 Å². The zero-order valence-electron chi connectivity index (χ0n) is 15.2. The van der Waals surface area contributed by atoms with Crippen molar-refractivity contribution >= 4 is 38.7 Å². The van der Waals surface area contributed by atoms with Gasteiger partial charge in [0.1, 0.15) is 0 Å². The minimum absolute atomic E-state index is 0.0369. The molecule has 9 heteroatoms. The second-order valence-corrected chi connectivity index (χ2v) is 7.49. The first-order chi connectivity index (χ1) is 13.6. The van der Waals surface area contributed by atoms with Crippen molar-refractivity contribution in [3.05, 3.63) is 57.8 Å². The Labute approximate surface area is 170 Å². The number of hydrogen-bond donors (Lipinski definition) is 0. The molecular weight excluding hydrogens is 424 g/mol. The molecule has 28 heavy (non-hydrogen) atoms. The minimum Gasteiger partial charge on any atom is -0.339 e. The zero-order valence-corrected chi connectivity index (χ0v) is 16.7. The number of carbonyl (C=O) groups is 1. The highest BCUT2D eigenvalue weighted by Crippen LogP contribution is 2.15. The van der Waals surface area contributed by atoms with Crippen LogP contribution >= 0.6 is 15.9 Å².